The zero-order valence-corrected chi connectivity index (χ0v) is 14.2. The van der Waals surface area contributed by atoms with Gasteiger partial charge in [-0.15, -0.1) is 0 Å². The van der Waals surface area contributed by atoms with Gasteiger partial charge in [0.25, 0.3) is 0 Å². The fourth-order valence-corrected chi connectivity index (χ4v) is 2.35. The minimum atomic E-state index is -0.359. The maximum atomic E-state index is 13.5. The summed E-state index contributed by atoms with van der Waals surface area (Å²) in [7, 11) is 1.93. The molecule has 0 saturated heterocycles. The Morgan fingerprint density at radius 3 is 2.60 bits per heavy atom. The van der Waals surface area contributed by atoms with E-state index in [2.05, 4.69) is 10.1 Å². The molecule has 1 aromatic heterocycles. The Bertz CT molecular complexity index is 807. The van der Waals surface area contributed by atoms with E-state index in [-0.39, 0.29) is 17.6 Å². The molecule has 0 N–H and O–H groups in total. The number of nitrogens with zero attached hydrogens (tertiary/aromatic N) is 3. The molecule has 0 radical (unpaired) electrons. The molecule has 0 aliphatic heterocycles. The van der Waals surface area contributed by atoms with Gasteiger partial charge in [0, 0.05) is 12.1 Å². The Kier molecular flexibility index (Phi) is 5.40. The van der Waals surface area contributed by atoms with E-state index in [0.717, 1.165) is 5.56 Å². The highest BCUT2D eigenvalue weighted by Crippen LogP contribution is 2.21. The minimum Gasteiger partial charge on any atom is -0.489 e. The van der Waals surface area contributed by atoms with Crippen LogP contribution in [0.4, 0.5) is 4.39 Å². The van der Waals surface area contributed by atoms with Gasteiger partial charge in [-0.25, -0.2) is 4.39 Å². The van der Waals surface area contributed by atoms with Crippen molar-refractivity contribution in [3.63, 3.8) is 0 Å². The Balaban J connectivity index is 1.56. The third kappa shape index (κ3) is 4.22. The molecule has 0 amide bonds. The fraction of sp³-hybridized carbons (Fsp3) is 0.263. The lowest BCUT2D eigenvalue weighted by molar-refractivity contribution is 0.171. The molecule has 1 heterocycles. The summed E-state index contributed by atoms with van der Waals surface area (Å²) in [6.07, 6.45) is 0. The topological polar surface area (TPSA) is 51.4 Å². The molecule has 0 bridgehead atoms. The Labute approximate surface area is 146 Å². The molecule has 3 aromatic rings. The number of ether oxygens (including phenoxy) is 1. The molecule has 0 aliphatic rings. The van der Waals surface area contributed by atoms with E-state index in [0.29, 0.717) is 24.9 Å². The van der Waals surface area contributed by atoms with E-state index in [1.165, 1.54) is 6.07 Å². The zero-order valence-electron chi connectivity index (χ0n) is 14.2. The standard InChI is InChI=1S/C19H20FN3O2/c1-14(19-21-18(22-25-19)15-8-4-3-5-9-15)23(2)12-13-24-17-11-7-6-10-16(17)20/h3-11,14H,12-13H2,1-2H3. The molecule has 2 aromatic carbocycles. The highest BCUT2D eigenvalue weighted by molar-refractivity contribution is 5.53. The number of likely N-dealkylation sites (N-methyl/N-ethyl adjacent to an activating group) is 1. The van der Waals surface area contributed by atoms with E-state index in [1.54, 1.807) is 18.2 Å². The minimum absolute atomic E-state index is 0.0748. The summed E-state index contributed by atoms with van der Waals surface area (Å²) in [4.78, 5) is 6.48. The first-order chi connectivity index (χ1) is 12.1. The quantitative estimate of drug-likeness (QED) is 0.651. The van der Waals surface area contributed by atoms with E-state index < -0.39 is 0 Å². The second-order valence-corrected chi connectivity index (χ2v) is 5.76. The van der Waals surface area contributed by atoms with Gasteiger partial charge in [0.2, 0.25) is 11.7 Å². The number of aromatic nitrogens is 2. The first-order valence-electron chi connectivity index (χ1n) is 8.11. The van der Waals surface area contributed by atoms with Gasteiger partial charge >= 0.3 is 0 Å². The molecule has 0 aliphatic carbocycles. The van der Waals surface area contributed by atoms with Crippen molar-refractivity contribution < 1.29 is 13.7 Å². The van der Waals surface area contributed by atoms with Gasteiger partial charge in [-0.05, 0) is 26.1 Å². The van der Waals surface area contributed by atoms with Crippen molar-refractivity contribution in [2.24, 2.45) is 0 Å². The molecule has 1 atom stereocenters. The van der Waals surface area contributed by atoms with Crippen LogP contribution in [0.3, 0.4) is 0 Å². The van der Waals surface area contributed by atoms with Crippen molar-refractivity contribution >= 4 is 0 Å². The van der Waals surface area contributed by atoms with E-state index in [9.17, 15) is 4.39 Å². The van der Waals surface area contributed by atoms with Gasteiger partial charge in [0.1, 0.15) is 6.61 Å². The monoisotopic (exact) mass is 341 g/mol. The summed E-state index contributed by atoms with van der Waals surface area (Å²) in [5.41, 5.74) is 0.912. The van der Waals surface area contributed by atoms with Crippen LogP contribution in [0.5, 0.6) is 5.75 Å². The average molecular weight is 341 g/mol. The molecule has 1 unspecified atom stereocenters. The van der Waals surface area contributed by atoms with Crippen molar-refractivity contribution in [1.82, 2.24) is 15.0 Å². The number of halogens is 1. The number of hydrogen-bond donors (Lipinski definition) is 0. The van der Waals surface area contributed by atoms with Crippen LogP contribution in [0, 0.1) is 5.82 Å². The summed E-state index contributed by atoms with van der Waals surface area (Å²) >= 11 is 0. The van der Waals surface area contributed by atoms with Crippen LogP contribution in [0.15, 0.2) is 59.1 Å². The van der Waals surface area contributed by atoms with Crippen molar-refractivity contribution in [2.45, 2.75) is 13.0 Å². The molecule has 130 valence electrons. The van der Waals surface area contributed by atoms with Gasteiger partial charge < -0.3 is 9.26 Å². The summed E-state index contributed by atoms with van der Waals surface area (Å²) in [5, 5.41) is 4.04. The molecule has 5 nitrogen and oxygen atoms in total. The predicted molar refractivity (Wildman–Crippen MR) is 92.7 cm³/mol. The van der Waals surface area contributed by atoms with Gasteiger partial charge in [-0.2, -0.15) is 4.98 Å². The second-order valence-electron chi connectivity index (χ2n) is 5.76. The van der Waals surface area contributed by atoms with Crippen molar-refractivity contribution in [3.05, 3.63) is 66.3 Å². The highest BCUT2D eigenvalue weighted by atomic mass is 19.1. The first kappa shape index (κ1) is 17.1. The molecule has 0 fully saturated rings. The van der Waals surface area contributed by atoms with Gasteiger partial charge in [-0.3, -0.25) is 4.90 Å². The lowest BCUT2D eigenvalue weighted by Gasteiger charge is -2.21. The van der Waals surface area contributed by atoms with Gasteiger partial charge in [0.05, 0.1) is 6.04 Å². The molecule has 6 heteroatoms. The second kappa shape index (κ2) is 7.90. The van der Waals surface area contributed by atoms with Crippen LogP contribution in [-0.4, -0.2) is 35.2 Å². The zero-order chi connectivity index (χ0) is 17.6. The number of para-hydroxylation sites is 1. The number of benzene rings is 2. The first-order valence-corrected chi connectivity index (χ1v) is 8.11. The molecule has 0 spiro atoms. The van der Waals surface area contributed by atoms with Crippen LogP contribution < -0.4 is 4.74 Å². The van der Waals surface area contributed by atoms with E-state index in [1.807, 2.05) is 49.2 Å². The Morgan fingerprint density at radius 1 is 1.12 bits per heavy atom. The maximum Gasteiger partial charge on any atom is 0.244 e. The summed E-state index contributed by atoms with van der Waals surface area (Å²) in [5.74, 6) is 1.00. The Hall–Kier alpha value is -2.73. The summed E-state index contributed by atoms with van der Waals surface area (Å²) in [6, 6.07) is 16.0. The summed E-state index contributed by atoms with van der Waals surface area (Å²) in [6.45, 7) is 2.94. The van der Waals surface area contributed by atoms with Crippen LogP contribution in [-0.2, 0) is 0 Å². The molecular weight excluding hydrogens is 321 g/mol. The van der Waals surface area contributed by atoms with Crippen LogP contribution >= 0.6 is 0 Å². The van der Waals surface area contributed by atoms with E-state index in [4.69, 9.17) is 9.26 Å². The molecular formula is C19H20FN3O2. The average Bonchev–Trinajstić information content (AvgIpc) is 3.13. The lowest BCUT2D eigenvalue weighted by Crippen LogP contribution is -2.27. The Morgan fingerprint density at radius 2 is 1.84 bits per heavy atom. The van der Waals surface area contributed by atoms with Gasteiger partial charge in [0.15, 0.2) is 11.6 Å². The SMILES string of the molecule is CC(c1nc(-c2ccccc2)no1)N(C)CCOc1ccccc1F. The van der Waals surface area contributed by atoms with E-state index >= 15 is 0 Å². The number of hydrogen-bond acceptors (Lipinski definition) is 5. The fourth-order valence-electron chi connectivity index (χ4n) is 2.35. The van der Waals surface area contributed by atoms with Crippen molar-refractivity contribution in [2.75, 3.05) is 20.2 Å². The number of rotatable bonds is 7. The van der Waals surface area contributed by atoms with Crippen molar-refractivity contribution in [1.29, 1.82) is 0 Å². The third-order valence-electron chi connectivity index (χ3n) is 4.03. The molecule has 25 heavy (non-hydrogen) atoms. The normalized spacial score (nSPS) is 12.3. The smallest absolute Gasteiger partial charge is 0.244 e. The highest BCUT2D eigenvalue weighted by Gasteiger charge is 2.19. The van der Waals surface area contributed by atoms with Crippen LogP contribution in [0.25, 0.3) is 11.4 Å². The van der Waals surface area contributed by atoms with Crippen LogP contribution in [0.2, 0.25) is 0 Å². The lowest BCUT2D eigenvalue weighted by atomic mass is 10.2. The largest absolute Gasteiger partial charge is 0.489 e. The summed E-state index contributed by atoms with van der Waals surface area (Å²) < 4.78 is 24.4. The predicted octanol–water partition coefficient (Wildman–Crippen LogP) is 3.95. The van der Waals surface area contributed by atoms with Gasteiger partial charge in [-0.1, -0.05) is 47.6 Å². The van der Waals surface area contributed by atoms with Crippen molar-refractivity contribution in [3.8, 4) is 17.1 Å². The third-order valence-corrected chi connectivity index (χ3v) is 4.03. The molecule has 3 rings (SSSR count). The van der Waals surface area contributed by atoms with Crippen LogP contribution in [0.1, 0.15) is 18.9 Å². The molecule has 0 saturated carbocycles. The maximum absolute atomic E-state index is 13.5.